The molecule has 1 amide bonds. The summed E-state index contributed by atoms with van der Waals surface area (Å²) in [4.78, 5) is 19.4. The number of carbonyl (C=O) groups is 1. The summed E-state index contributed by atoms with van der Waals surface area (Å²) in [5, 5.41) is 19.0. The Morgan fingerprint density at radius 3 is 2.48 bits per heavy atom. The number of aliphatic hydroxyl groups excluding tert-OH is 2. The molecule has 1 aliphatic carbocycles. The van der Waals surface area contributed by atoms with E-state index in [1.54, 1.807) is 7.11 Å². The van der Waals surface area contributed by atoms with Gasteiger partial charge in [-0.25, -0.2) is 10.4 Å². The second kappa shape index (κ2) is 13.8. The van der Waals surface area contributed by atoms with E-state index in [0.29, 0.717) is 49.7 Å². The Morgan fingerprint density at radius 2 is 1.76 bits per heavy atom. The largest absolute Gasteiger partial charge is 0.497 e. The summed E-state index contributed by atoms with van der Waals surface area (Å²) in [6, 6.07) is 24.8. The van der Waals surface area contributed by atoms with Gasteiger partial charge in [0.1, 0.15) is 11.5 Å². The Labute approximate surface area is 246 Å². The number of amides is 1. The number of hydrogen-bond acceptors (Lipinski definition) is 8. The molecule has 0 spiro atoms. The van der Waals surface area contributed by atoms with Crippen LogP contribution in [0.25, 0.3) is 0 Å². The van der Waals surface area contributed by atoms with Crippen molar-refractivity contribution in [3.63, 3.8) is 0 Å². The number of nitrogens with one attached hydrogen (secondary N) is 2. The average molecular weight is 574 g/mol. The van der Waals surface area contributed by atoms with Crippen LogP contribution in [-0.2, 0) is 16.0 Å². The van der Waals surface area contributed by atoms with Crippen molar-refractivity contribution in [2.24, 2.45) is 4.99 Å². The third-order valence-electron chi connectivity index (χ3n) is 7.83. The lowest BCUT2D eigenvalue weighted by Gasteiger charge is -2.32. The van der Waals surface area contributed by atoms with E-state index in [4.69, 9.17) is 24.3 Å². The average Bonchev–Trinajstić information content (AvgIpc) is 3.42. The Bertz CT molecular complexity index is 1340. The molecule has 4 N–H and O–H groups in total. The van der Waals surface area contributed by atoms with Crippen molar-refractivity contribution < 1.29 is 29.2 Å². The van der Waals surface area contributed by atoms with Gasteiger partial charge in [-0.3, -0.25) is 10.2 Å². The van der Waals surface area contributed by atoms with Gasteiger partial charge in [0.25, 0.3) is 5.91 Å². The van der Waals surface area contributed by atoms with Gasteiger partial charge in [-0.05, 0) is 73.2 Å². The summed E-state index contributed by atoms with van der Waals surface area (Å²) >= 11 is 0. The van der Waals surface area contributed by atoms with E-state index in [0.717, 1.165) is 29.5 Å². The number of hydrogen-bond donors (Lipinski definition) is 4. The van der Waals surface area contributed by atoms with Crippen molar-refractivity contribution >= 4 is 11.8 Å². The normalized spacial score (nSPS) is 23.5. The number of aliphatic hydroxyl groups is 2. The van der Waals surface area contributed by atoms with E-state index >= 15 is 0 Å². The minimum absolute atomic E-state index is 0.0607. The van der Waals surface area contributed by atoms with Gasteiger partial charge in [0, 0.05) is 31.1 Å². The first-order chi connectivity index (χ1) is 20.5. The zero-order valence-corrected chi connectivity index (χ0v) is 23.9. The lowest BCUT2D eigenvalue weighted by Crippen LogP contribution is -2.56. The van der Waals surface area contributed by atoms with Crippen LogP contribution in [0.3, 0.4) is 0 Å². The van der Waals surface area contributed by atoms with Gasteiger partial charge in [-0.1, -0.05) is 42.5 Å². The molecule has 0 unspecified atom stereocenters. The van der Waals surface area contributed by atoms with Crippen LogP contribution in [0, 0.1) is 0 Å². The van der Waals surface area contributed by atoms with Crippen LogP contribution in [0.15, 0.2) is 83.9 Å². The van der Waals surface area contributed by atoms with Gasteiger partial charge in [-0.2, -0.15) is 0 Å². The third-order valence-corrected chi connectivity index (χ3v) is 7.83. The summed E-state index contributed by atoms with van der Waals surface area (Å²) in [5.41, 5.74) is 7.29. The number of benzene rings is 3. The van der Waals surface area contributed by atoms with Gasteiger partial charge >= 0.3 is 0 Å². The first-order valence-electron chi connectivity index (χ1n) is 14.5. The maximum Gasteiger partial charge on any atom is 0.266 e. The van der Waals surface area contributed by atoms with Crippen molar-refractivity contribution in [1.29, 1.82) is 0 Å². The molecule has 1 saturated carbocycles. The van der Waals surface area contributed by atoms with Crippen LogP contribution in [0.4, 0.5) is 0 Å². The highest BCUT2D eigenvalue weighted by Crippen LogP contribution is 2.43. The molecular formula is C33H39N3O6. The molecule has 9 heteroatoms. The lowest BCUT2D eigenvalue weighted by atomic mass is 9.82. The summed E-state index contributed by atoms with van der Waals surface area (Å²) in [7, 11) is 1.61. The molecule has 0 bridgehead atoms. The number of methoxy groups -OCH3 is 1. The minimum Gasteiger partial charge on any atom is -0.497 e. The third kappa shape index (κ3) is 6.92. The number of hydrazine groups is 1. The van der Waals surface area contributed by atoms with Crippen LogP contribution in [0.5, 0.6) is 11.5 Å². The molecule has 0 radical (unpaired) electrons. The molecule has 2 atom stereocenters. The van der Waals surface area contributed by atoms with Crippen LogP contribution in [-0.4, -0.2) is 60.0 Å². The highest BCUT2D eigenvalue weighted by molar-refractivity contribution is 6.01. The predicted molar refractivity (Wildman–Crippen MR) is 159 cm³/mol. The van der Waals surface area contributed by atoms with E-state index < -0.39 is 11.6 Å². The van der Waals surface area contributed by atoms with Gasteiger partial charge in [0.05, 0.1) is 19.8 Å². The first kappa shape index (κ1) is 29.6. The van der Waals surface area contributed by atoms with Crippen molar-refractivity contribution in [2.75, 3.05) is 20.3 Å². The lowest BCUT2D eigenvalue weighted by molar-refractivity contribution is -0.130. The monoisotopic (exact) mass is 573 g/mol. The van der Waals surface area contributed by atoms with Crippen LogP contribution in [0.2, 0.25) is 0 Å². The molecule has 1 heterocycles. The zero-order valence-electron chi connectivity index (χ0n) is 23.9. The molecule has 3 aromatic rings. The molecule has 9 nitrogen and oxygen atoms in total. The number of carbonyl (C=O) groups excluding carboxylic acids is 1. The summed E-state index contributed by atoms with van der Waals surface area (Å²) in [5.74, 6) is 1.38. The summed E-state index contributed by atoms with van der Waals surface area (Å²) < 4.78 is 17.8. The molecule has 222 valence electrons. The van der Waals surface area contributed by atoms with E-state index in [9.17, 15) is 9.90 Å². The van der Waals surface area contributed by atoms with E-state index in [1.165, 1.54) is 0 Å². The fourth-order valence-electron chi connectivity index (χ4n) is 5.49. The number of aliphatic imine (C=N–C) groups is 1. The quantitative estimate of drug-likeness (QED) is 0.192. The Hall–Kier alpha value is -3.92. The fraction of sp³-hybridized carbons (Fsp3) is 0.394. The van der Waals surface area contributed by atoms with Gasteiger partial charge in [0.2, 0.25) is 5.90 Å². The fourth-order valence-corrected chi connectivity index (χ4v) is 5.49. The number of ether oxygens (including phenoxy) is 3. The standard InChI is InChI=1S/C33H39N3O6/c1-40-29-10-5-9-25(21-29)30-33(22-23-7-3-2-4-8-23,32(39)36-35-26-13-15-27(38)16-14-26)34-31(42-30)24-11-17-28(18-12-24)41-20-6-19-37/h2-5,7-12,17-18,21,26-27,30,35,37-38H,6,13-16,19-20,22H2,1H3,(H,36,39)/t26?,27?,30-,33-/m0/s1. The van der Waals surface area contributed by atoms with Crippen molar-refractivity contribution in [1.82, 2.24) is 10.9 Å². The molecule has 5 rings (SSSR count). The van der Waals surface area contributed by atoms with Crippen molar-refractivity contribution in [3.8, 4) is 11.5 Å². The molecule has 2 aliphatic rings. The van der Waals surface area contributed by atoms with E-state index in [1.807, 2.05) is 78.9 Å². The Kier molecular flexibility index (Phi) is 9.74. The van der Waals surface area contributed by atoms with Crippen LogP contribution in [0.1, 0.15) is 54.9 Å². The SMILES string of the molecule is COc1cccc([C@@H]2OC(c3ccc(OCCCO)cc3)=N[C@]2(Cc2ccccc2)C(=O)NNC2CCC(O)CC2)c1. The topological polar surface area (TPSA) is 122 Å². The smallest absolute Gasteiger partial charge is 0.266 e. The van der Waals surface area contributed by atoms with Gasteiger partial charge in [0.15, 0.2) is 11.6 Å². The molecular weight excluding hydrogens is 534 g/mol. The van der Waals surface area contributed by atoms with E-state index in [2.05, 4.69) is 10.9 Å². The van der Waals surface area contributed by atoms with Crippen LogP contribution >= 0.6 is 0 Å². The molecule has 3 aromatic carbocycles. The first-order valence-corrected chi connectivity index (χ1v) is 14.5. The Morgan fingerprint density at radius 1 is 1.00 bits per heavy atom. The van der Waals surface area contributed by atoms with Crippen LogP contribution < -0.4 is 20.3 Å². The van der Waals surface area contributed by atoms with E-state index in [-0.39, 0.29) is 24.7 Å². The van der Waals surface area contributed by atoms with Crippen molar-refractivity contribution in [3.05, 3.63) is 95.6 Å². The predicted octanol–water partition coefficient (Wildman–Crippen LogP) is 3.88. The number of nitrogens with zero attached hydrogens (tertiary/aromatic N) is 1. The van der Waals surface area contributed by atoms with Gasteiger partial charge < -0.3 is 24.4 Å². The molecule has 1 fully saturated rings. The number of rotatable bonds is 12. The maximum absolute atomic E-state index is 14.3. The Balaban J connectivity index is 1.51. The highest BCUT2D eigenvalue weighted by atomic mass is 16.5. The second-order valence-electron chi connectivity index (χ2n) is 10.8. The molecule has 42 heavy (non-hydrogen) atoms. The minimum atomic E-state index is -1.33. The summed E-state index contributed by atoms with van der Waals surface area (Å²) in [6.45, 7) is 0.482. The van der Waals surface area contributed by atoms with Gasteiger partial charge in [-0.15, -0.1) is 0 Å². The maximum atomic E-state index is 14.3. The molecule has 1 aliphatic heterocycles. The molecule has 0 saturated heterocycles. The summed E-state index contributed by atoms with van der Waals surface area (Å²) in [6.07, 6.45) is 2.75. The molecule has 0 aromatic heterocycles. The highest BCUT2D eigenvalue weighted by Gasteiger charge is 2.53. The zero-order chi connectivity index (χ0) is 29.4. The van der Waals surface area contributed by atoms with Crippen molar-refractivity contribution in [2.45, 2.75) is 62.3 Å². The second-order valence-corrected chi connectivity index (χ2v) is 10.8.